The smallest absolute Gasteiger partial charge is 0.129 e. The second-order valence-electron chi connectivity index (χ2n) is 1.68. The third-order valence-corrected chi connectivity index (χ3v) is 1.03. The summed E-state index contributed by atoms with van der Waals surface area (Å²) in [6, 6.07) is 3.26. The van der Waals surface area contributed by atoms with Gasteiger partial charge in [0.1, 0.15) is 24.7 Å². The molecule has 0 aliphatic heterocycles. The maximum Gasteiger partial charge on any atom is 0.129 e. The Bertz CT molecular complexity index is 166. The van der Waals surface area contributed by atoms with Crippen LogP contribution in [0.25, 0.3) is 0 Å². The first kappa shape index (κ1) is 9.42. The lowest BCUT2D eigenvalue weighted by Gasteiger charge is -1.86. The van der Waals surface area contributed by atoms with Crippen LogP contribution in [0.2, 0.25) is 0 Å². The number of rotatable bonds is 2. The SMILES string of the molecule is OCc1ccc(CO)o1.[Si]. The molecule has 4 radical (unpaired) electrons. The van der Waals surface area contributed by atoms with Gasteiger partial charge < -0.3 is 14.6 Å². The maximum atomic E-state index is 8.47. The summed E-state index contributed by atoms with van der Waals surface area (Å²) in [7, 11) is 0. The van der Waals surface area contributed by atoms with Crippen LogP contribution >= 0.6 is 0 Å². The molecule has 0 aromatic carbocycles. The van der Waals surface area contributed by atoms with Crippen LogP contribution in [0, 0.1) is 0 Å². The van der Waals surface area contributed by atoms with E-state index in [9.17, 15) is 0 Å². The minimum atomic E-state index is -0.111. The number of furan rings is 1. The molecule has 54 valence electrons. The Morgan fingerprint density at radius 3 is 1.70 bits per heavy atom. The van der Waals surface area contributed by atoms with Gasteiger partial charge in [-0.2, -0.15) is 0 Å². The van der Waals surface area contributed by atoms with E-state index in [2.05, 4.69) is 0 Å². The topological polar surface area (TPSA) is 53.6 Å². The van der Waals surface area contributed by atoms with Crippen LogP contribution in [-0.2, 0) is 13.2 Å². The summed E-state index contributed by atoms with van der Waals surface area (Å²) < 4.78 is 4.88. The van der Waals surface area contributed by atoms with Gasteiger partial charge in [0.15, 0.2) is 0 Å². The van der Waals surface area contributed by atoms with Crippen LogP contribution in [0.5, 0.6) is 0 Å². The maximum absolute atomic E-state index is 8.47. The molecule has 4 heteroatoms. The van der Waals surface area contributed by atoms with Crippen LogP contribution < -0.4 is 0 Å². The van der Waals surface area contributed by atoms with Crippen molar-refractivity contribution >= 4 is 11.0 Å². The van der Waals surface area contributed by atoms with Crippen molar-refractivity contribution in [3.63, 3.8) is 0 Å². The Balaban J connectivity index is 0.000000810. The minimum absolute atomic E-state index is 0. The standard InChI is InChI=1S/C6H8O3.Si/c7-3-5-1-2-6(4-8)9-5;/h1-2,7-8H,3-4H2;. The highest BCUT2D eigenvalue weighted by atomic mass is 28.1. The zero-order valence-corrected chi connectivity index (χ0v) is 6.37. The molecule has 0 aliphatic rings. The largest absolute Gasteiger partial charge is 0.461 e. The molecular formula is C6H8O3Si. The summed E-state index contributed by atoms with van der Waals surface area (Å²) in [6.45, 7) is -0.222. The van der Waals surface area contributed by atoms with E-state index in [1.807, 2.05) is 0 Å². The number of aliphatic hydroxyl groups excluding tert-OH is 2. The van der Waals surface area contributed by atoms with E-state index in [0.717, 1.165) is 0 Å². The summed E-state index contributed by atoms with van der Waals surface area (Å²) in [5, 5.41) is 16.9. The van der Waals surface area contributed by atoms with E-state index in [4.69, 9.17) is 14.6 Å². The van der Waals surface area contributed by atoms with Crippen LogP contribution in [0.1, 0.15) is 11.5 Å². The summed E-state index contributed by atoms with van der Waals surface area (Å²) in [5.41, 5.74) is 0. The predicted octanol–water partition coefficient (Wildman–Crippen LogP) is -0.117. The molecule has 0 bridgehead atoms. The minimum Gasteiger partial charge on any atom is -0.461 e. The van der Waals surface area contributed by atoms with Crippen molar-refractivity contribution in [1.82, 2.24) is 0 Å². The number of aliphatic hydroxyl groups is 2. The average molecular weight is 156 g/mol. The molecular weight excluding hydrogens is 148 g/mol. The molecule has 2 N–H and O–H groups in total. The second kappa shape index (κ2) is 4.27. The first-order valence-corrected chi connectivity index (χ1v) is 2.66. The monoisotopic (exact) mass is 156 g/mol. The molecule has 10 heavy (non-hydrogen) atoms. The van der Waals surface area contributed by atoms with Crippen LogP contribution in [0.15, 0.2) is 16.5 Å². The van der Waals surface area contributed by atoms with Gasteiger partial charge in [0, 0.05) is 11.0 Å². The molecule has 0 atom stereocenters. The van der Waals surface area contributed by atoms with Crippen LogP contribution in [0.4, 0.5) is 0 Å². The molecule has 0 saturated heterocycles. The van der Waals surface area contributed by atoms with Gasteiger partial charge in [-0.05, 0) is 12.1 Å². The summed E-state index contributed by atoms with van der Waals surface area (Å²) in [5.74, 6) is 0.970. The Morgan fingerprint density at radius 1 is 1.10 bits per heavy atom. The second-order valence-corrected chi connectivity index (χ2v) is 1.68. The van der Waals surface area contributed by atoms with E-state index in [1.54, 1.807) is 12.1 Å². The van der Waals surface area contributed by atoms with E-state index < -0.39 is 0 Å². The lowest BCUT2D eigenvalue weighted by Crippen LogP contribution is -1.76. The van der Waals surface area contributed by atoms with Crippen molar-refractivity contribution < 1.29 is 14.6 Å². The molecule has 0 aliphatic carbocycles. The van der Waals surface area contributed by atoms with Crippen molar-refractivity contribution in [2.45, 2.75) is 13.2 Å². The van der Waals surface area contributed by atoms with E-state index in [-0.39, 0.29) is 24.2 Å². The van der Waals surface area contributed by atoms with E-state index in [1.165, 1.54) is 0 Å². The van der Waals surface area contributed by atoms with Gasteiger partial charge in [-0.15, -0.1) is 0 Å². The predicted molar refractivity (Wildman–Crippen MR) is 36.3 cm³/mol. The van der Waals surface area contributed by atoms with Crippen molar-refractivity contribution in [1.29, 1.82) is 0 Å². The number of hydrogen-bond donors (Lipinski definition) is 2. The molecule has 0 saturated carbocycles. The third-order valence-electron chi connectivity index (χ3n) is 1.03. The van der Waals surface area contributed by atoms with Gasteiger partial charge in [-0.1, -0.05) is 0 Å². The van der Waals surface area contributed by atoms with E-state index in [0.29, 0.717) is 11.5 Å². The Labute approximate surface area is 63.3 Å². The van der Waals surface area contributed by atoms with Gasteiger partial charge in [0.25, 0.3) is 0 Å². The Morgan fingerprint density at radius 2 is 1.50 bits per heavy atom. The zero-order valence-electron chi connectivity index (χ0n) is 5.37. The van der Waals surface area contributed by atoms with Crippen molar-refractivity contribution in [3.8, 4) is 0 Å². The van der Waals surface area contributed by atoms with Crippen molar-refractivity contribution in [2.24, 2.45) is 0 Å². The normalized spacial score (nSPS) is 9.00. The average Bonchev–Trinajstić information content (AvgIpc) is 2.34. The molecule has 0 amide bonds. The molecule has 0 spiro atoms. The number of hydrogen-bond acceptors (Lipinski definition) is 3. The van der Waals surface area contributed by atoms with E-state index >= 15 is 0 Å². The fourth-order valence-electron chi connectivity index (χ4n) is 0.592. The Kier molecular flexibility index (Phi) is 4.02. The first-order chi connectivity index (χ1) is 4.36. The Hall–Kier alpha value is -0.583. The van der Waals surface area contributed by atoms with Gasteiger partial charge in [0.05, 0.1) is 0 Å². The fraction of sp³-hybridized carbons (Fsp3) is 0.333. The highest BCUT2D eigenvalue weighted by Crippen LogP contribution is 2.06. The molecule has 1 aromatic heterocycles. The first-order valence-electron chi connectivity index (χ1n) is 2.66. The molecule has 0 unspecified atom stereocenters. The summed E-state index contributed by atoms with van der Waals surface area (Å²) >= 11 is 0. The van der Waals surface area contributed by atoms with Gasteiger partial charge >= 0.3 is 0 Å². The molecule has 1 aromatic rings. The van der Waals surface area contributed by atoms with Crippen LogP contribution in [-0.4, -0.2) is 21.2 Å². The molecule has 3 nitrogen and oxygen atoms in total. The molecule has 1 rings (SSSR count). The summed E-state index contributed by atoms with van der Waals surface area (Å²) in [4.78, 5) is 0. The highest BCUT2D eigenvalue weighted by Gasteiger charge is 1.96. The lowest BCUT2D eigenvalue weighted by molar-refractivity contribution is 0.215. The van der Waals surface area contributed by atoms with Gasteiger partial charge in [0.2, 0.25) is 0 Å². The zero-order chi connectivity index (χ0) is 6.69. The molecule has 1 heterocycles. The van der Waals surface area contributed by atoms with Crippen molar-refractivity contribution in [3.05, 3.63) is 23.7 Å². The summed E-state index contributed by atoms with van der Waals surface area (Å²) in [6.07, 6.45) is 0. The van der Waals surface area contributed by atoms with Gasteiger partial charge in [-0.25, -0.2) is 0 Å². The van der Waals surface area contributed by atoms with Crippen LogP contribution in [0.3, 0.4) is 0 Å². The molecule has 0 fully saturated rings. The fourth-order valence-corrected chi connectivity index (χ4v) is 0.592. The van der Waals surface area contributed by atoms with Crippen molar-refractivity contribution in [2.75, 3.05) is 0 Å². The van der Waals surface area contributed by atoms with Gasteiger partial charge in [-0.3, -0.25) is 0 Å². The highest BCUT2D eigenvalue weighted by molar-refractivity contribution is 5.75. The third kappa shape index (κ3) is 1.98. The lowest BCUT2D eigenvalue weighted by atomic mass is 10.4. The quantitative estimate of drug-likeness (QED) is 0.587.